The molecule has 1 saturated carbocycles. The molecule has 0 N–H and O–H groups in total. The van der Waals surface area contributed by atoms with Crippen molar-refractivity contribution < 1.29 is 23.0 Å². The zero-order valence-electron chi connectivity index (χ0n) is 10.9. The van der Waals surface area contributed by atoms with Crippen LogP contribution in [0.2, 0.25) is 0 Å². The maximum Gasteiger partial charge on any atom is 0.309 e. The van der Waals surface area contributed by atoms with Crippen LogP contribution in [0.5, 0.6) is 5.75 Å². The summed E-state index contributed by atoms with van der Waals surface area (Å²) < 4.78 is 37.8. The average molecular weight is 270 g/mol. The fourth-order valence-electron chi connectivity index (χ4n) is 2.18. The number of carbonyl (C=O) groups excluding carboxylic acids is 1. The number of esters is 1. The van der Waals surface area contributed by atoms with E-state index in [1.165, 1.54) is 12.1 Å². The largest absolute Gasteiger partial charge is 0.491 e. The minimum atomic E-state index is -0.710. The van der Waals surface area contributed by atoms with Gasteiger partial charge in [-0.3, -0.25) is 4.79 Å². The molecule has 0 radical (unpaired) electrons. The molecule has 0 spiro atoms. The minimum Gasteiger partial charge on any atom is -0.491 e. The Bertz CT molecular complexity index is 488. The van der Waals surface area contributed by atoms with Crippen LogP contribution in [0.1, 0.15) is 31.7 Å². The van der Waals surface area contributed by atoms with Gasteiger partial charge in [0.15, 0.2) is 11.6 Å². The van der Waals surface area contributed by atoms with Gasteiger partial charge in [0, 0.05) is 11.5 Å². The molecule has 19 heavy (non-hydrogen) atoms. The highest BCUT2D eigenvalue weighted by Crippen LogP contribution is 2.50. The standard InChI is InChI=1S/C14H16F2O3/c1-3-18-11-6-5-10(15)12(13(11)16)8-7-9(8)14(17)19-4-2/h5-6,8-9H,3-4,7H2,1-2H3/t8-,9+/m0/s1. The monoisotopic (exact) mass is 270 g/mol. The number of ether oxygens (including phenoxy) is 2. The molecule has 2 rings (SSSR count). The summed E-state index contributed by atoms with van der Waals surface area (Å²) >= 11 is 0. The van der Waals surface area contributed by atoms with Crippen molar-refractivity contribution in [3.8, 4) is 5.75 Å². The lowest BCUT2D eigenvalue weighted by atomic mass is 10.1. The smallest absolute Gasteiger partial charge is 0.309 e. The third-order valence-corrected chi connectivity index (χ3v) is 3.14. The highest BCUT2D eigenvalue weighted by Gasteiger charge is 2.48. The molecule has 3 nitrogen and oxygen atoms in total. The van der Waals surface area contributed by atoms with Crippen molar-refractivity contribution in [1.29, 1.82) is 0 Å². The van der Waals surface area contributed by atoms with Gasteiger partial charge in [-0.2, -0.15) is 0 Å². The van der Waals surface area contributed by atoms with Gasteiger partial charge in [-0.05, 0) is 32.4 Å². The molecule has 104 valence electrons. The number of rotatable bonds is 5. The third-order valence-electron chi connectivity index (χ3n) is 3.14. The second-order valence-electron chi connectivity index (χ2n) is 4.41. The zero-order chi connectivity index (χ0) is 14.0. The molecule has 1 fully saturated rings. The first-order chi connectivity index (χ1) is 9.10. The Morgan fingerprint density at radius 2 is 2.05 bits per heavy atom. The molecule has 0 aromatic heterocycles. The Kier molecular flexibility index (Phi) is 4.02. The first-order valence-corrected chi connectivity index (χ1v) is 6.37. The van der Waals surface area contributed by atoms with Crippen LogP contribution in [-0.4, -0.2) is 19.2 Å². The van der Waals surface area contributed by atoms with Crippen molar-refractivity contribution in [3.63, 3.8) is 0 Å². The van der Waals surface area contributed by atoms with Crippen LogP contribution in [-0.2, 0) is 9.53 Å². The van der Waals surface area contributed by atoms with Gasteiger partial charge in [0.2, 0.25) is 0 Å². The number of hydrogen-bond acceptors (Lipinski definition) is 3. The molecule has 0 aliphatic heterocycles. The van der Waals surface area contributed by atoms with Gasteiger partial charge in [-0.1, -0.05) is 0 Å². The molecule has 0 saturated heterocycles. The highest BCUT2D eigenvalue weighted by molar-refractivity contribution is 5.77. The average Bonchev–Trinajstić information content (AvgIpc) is 3.14. The Balaban J connectivity index is 2.22. The third kappa shape index (κ3) is 2.69. The first kappa shape index (κ1) is 13.8. The van der Waals surface area contributed by atoms with E-state index in [2.05, 4.69) is 0 Å². The van der Waals surface area contributed by atoms with Crippen LogP contribution in [0.25, 0.3) is 0 Å². The van der Waals surface area contributed by atoms with Crippen LogP contribution in [0.15, 0.2) is 12.1 Å². The van der Waals surface area contributed by atoms with Gasteiger partial charge in [0.25, 0.3) is 0 Å². The van der Waals surface area contributed by atoms with E-state index in [0.717, 1.165) is 0 Å². The summed E-state index contributed by atoms with van der Waals surface area (Å²) in [6.07, 6.45) is 0.419. The second-order valence-corrected chi connectivity index (χ2v) is 4.41. The van der Waals surface area contributed by atoms with E-state index < -0.39 is 29.4 Å². The van der Waals surface area contributed by atoms with Gasteiger partial charge >= 0.3 is 5.97 Å². The van der Waals surface area contributed by atoms with Crippen molar-refractivity contribution >= 4 is 5.97 Å². The topological polar surface area (TPSA) is 35.5 Å². The summed E-state index contributed by atoms with van der Waals surface area (Å²) in [6.45, 7) is 3.99. The molecule has 1 aliphatic rings. The predicted molar refractivity (Wildman–Crippen MR) is 65.0 cm³/mol. The van der Waals surface area contributed by atoms with Gasteiger partial charge in [0.1, 0.15) is 5.82 Å². The molecule has 2 atom stereocenters. The normalized spacial score (nSPS) is 21.1. The Hall–Kier alpha value is -1.65. The number of carbonyl (C=O) groups is 1. The molecule has 1 aromatic carbocycles. The second kappa shape index (κ2) is 5.55. The molecule has 5 heteroatoms. The lowest BCUT2D eigenvalue weighted by Crippen LogP contribution is -2.08. The number of hydrogen-bond donors (Lipinski definition) is 0. The fraction of sp³-hybridized carbons (Fsp3) is 0.500. The Morgan fingerprint density at radius 1 is 1.32 bits per heavy atom. The molecule has 0 bridgehead atoms. The van der Waals surface area contributed by atoms with Crippen LogP contribution in [0.3, 0.4) is 0 Å². The van der Waals surface area contributed by atoms with Gasteiger partial charge in [-0.15, -0.1) is 0 Å². The maximum absolute atomic E-state index is 14.1. The van der Waals surface area contributed by atoms with Crippen LogP contribution in [0, 0.1) is 17.6 Å². The first-order valence-electron chi connectivity index (χ1n) is 6.37. The SMILES string of the molecule is CCOC(=O)[C@@H]1C[C@@H]1c1c(F)ccc(OCC)c1F. The summed E-state index contributed by atoms with van der Waals surface area (Å²) in [7, 11) is 0. The zero-order valence-corrected chi connectivity index (χ0v) is 10.9. The summed E-state index contributed by atoms with van der Waals surface area (Å²) in [5.41, 5.74) is -0.0657. The molecular weight excluding hydrogens is 254 g/mol. The van der Waals surface area contributed by atoms with E-state index in [-0.39, 0.29) is 17.9 Å². The van der Waals surface area contributed by atoms with Gasteiger partial charge in [-0.25, -0.2) is 8.78 Å². The van der Waals surface area contributed by atoms with E-state index in [4.69, 9.17) is 9.47 Å². The summed E-state index contributed by atoms with van der Waals surface area (Å²) in [4.78, 5) is 11.5. The van der Waals surface area contributed by atoms with Crippen molar-refractivity contribution in [3.05, 3.63) is 29.3 Å². The van der Waals surface area contributed by atoms with E-state index >= 15 is 0 Å². The van der Waals surface area contributed by atoms with Crippen LogP contribution >= 0.6 is 0 Å². The van der Waals surface area contributed by atoms with Crippen molar-refractivity contribution in [2.45, 2.75) is 26.2 Å². The van der Waals surface area contributed by atoms with E-state index in [0.29, 0.717) is 13.0 Å². The Morgan fingerprint density at radius 3 is 2.68 bits per heavy atom. The van der Waals surface area contributed by atoms with Gasteiger partial charge in [0.05, 0.1) is 19.1 Å². The molecule has 0 amide bonds. The van der Waals surface area contributed by atoms with Crippen LogP contribution in [0.4, 0.5) is 8.78 Å². The lowest BCUT2D eigenvalue weighted by Gasteiger charge is -2.09. The summed E-state index contributed by atoms with van der Waals surface area (Å²) in [5, 5.41) is 0. The fourth-order valence-corrected chi connectivity index (χ4v) is 2.18. The molecule has 0 unspecified atom stereocenters. The maximum atomic E-state index is 14.1. The summed E-state index contributed by atoms with van der Waals surface area (Å²) in [6, 6.07) is 2.43. The molecular formula is C14H16F2O3. The van der Waals surface area contributed by atoms with E-state index in [9.17, 15) is 13.6 Å². The Labute approximate surface area is 110 Å². The van der Waals surface area contributed by atoms with Crippen molar-refractivity contribution in [2.75, 3.05) is 13.2 Å². The van der Waals surface area contributed by atoms with E-state index in [1.54, 1.807) is 13.8 Å². The summed E-state index contributed by atoms with van der Waals surface area (Å²) in [5.74, 6) is -2.61. The minimum absolute atomic E-state index is 0.0217. The van der Waals surface area contributed by atoms with Crippen LogP contribution < -0.4 is 4.74 Å². The van der Waals surface area contributed by atoms with E-state index in [1.807, 2.05) is 0 Å². The number of benzene rings is 1. The highest BCUT2D eigenvalue weighted by atomic mass is 19.1. The molecule has 1 aromatic rings. The predicted octanol–water partition coefficient (Wildman–Crippen LogP) is 3.03. The molecule has 1 aliphatic carbocycles. The van der Waals surface area contributed by atoms with Crippen molar-refractivity contribution in [1.82, 2.24) is 0 Å². The van der Waals surface area contributed by atoms with Gasteiger partial charge < -0.3 is 9.47 Å². The van der Waals surface area contributed by atoms with Crippen molar-refractivity contribution in [2.24, 2.45) is 5.92 Å². The molecule has 0 heterocycles. The lowest BCUT2D eigenvalue weighted by molar-refractivity contribution is -0.144. The number of halogens is 2. The quantitative estimate of drug-likeness (QED) is 0.771.